The standard InChI is InChI=1S/C32H33ClN4O5/c1-3-21-14-23(22-10-11-26(36-40)27(15-22)41-2)25(33)16-24(21)29-30(34)32(42-31(29)39)12-7-13-37(19-32)18-28(38)35-17-20-8-5-4-6-9-20/h4-6,8-11,14-16H,3,7,12-13,17-19,34H2,1-2H3,(H,35,38). The number of nitrogens with one attached hydrogen (secondary N) is 1. The molecule has 1 atom stereocenters. The summed E-state index contributed by atoms with van der Waals surface area (Å²) >= 11 is 6.77. The molecule has 10 heteroatoms. The zero-order valence-corrected chi connectivity index (χ0v) is 24.4. The lowest BCUT2D eigenvalue weighted by Crippen LogP contribution is -2.53. The van der Waals surface area contributed by atoms with Crippen LogP contribution < -0.4 is 15.8 Å². The van der Waals surface area contributed by atoms with E-state index in [-0.39, 0.29) is 18.1 Å². The average Bonchev–Trinajstić information content (AvgIpc) is 3.23. The molecule has 42 heavy (non-hydrogen) atoms. The van der Waals surface area contributed by atoms with Crippen LogP contribution in [0.5, 0.6) is 5.75 Å². The van der Waals surface area contributed by atoms with Gasteiger partial charge >= 0.3 is 5.97 Å². The van der Waals surface area contributed by atoms with E-state index in [1.807, 2.05) is 48.2 Å². The van der Waals surface area contributed by atoms with E-state index in [9.17, 15) is 14.5 Å². The van der Waals surface area contributed by atoms with Gasteiger partial charge < -0.3 is 20.5 Å². The van der Waals surface area contributed by atoms with Crippen molar-refractivity contribution in [1.29, 1.82) is 0 Å². The van der Waals surface area contributed by atoms with Crippen LogP contribution in [0.15, 0.2) is 71.5 Å². The van der Waals surface area contributed by atoms with Crippen LogP contribution in [0.4, 0.5) is 5.69 Å². The molecule has 5 rings (SSSR count). The van der Waals surface area contributed by atoms with Gasteiger partial charge in [0.1, 0.15) is 11.4 Å². The molecule has 1 spiro atoms. The number of rotatable bonds is 9. The molecule has 0 aromatic heterocycles. The Bertz CT molecular complexity index is 1560. The van der Waals surface area contributed by atoms with E-state index in [2.05, 4.69) is 10.5 Å². The summed E-state index contributed by atoms with van der Waals surface area (Å²) in [6, 6.07) is 18.4. The number of piperidine rings is 1. The van der Waals surface area contributed by atoms with E-state index >= 15 is 0 Å². The monoisotopic (exact) mass is 588 g/mol. The maximum absolute atomic E-state index is 13.4. The minimum absolute atomic E-state index is 0.104. The first kappa shape index (κ1) is 29.3. The number of carbonyl (C=O) groups is 2. The molecule has 0 radical (unpaired) electrons. The summed E-state index contributed by atoms with van der Waals surface area (Å²) in [4.78, 5) is 39.2. The van der Waals surface area contributed by atoms with E-state index in [4.69, 9.17) is 26.8 Å². The highest BCUT2D eigenvalue weighted by molar-refractivity contribution is 6.34. The lowest BCUT2D eigenvalue weighted by atomic mass is 9.86. The van der Waals surface area contributed by atoms with E-state index in [1.54, 1.807) is 24.3 Å². The molecule has 1 amide bonds. The number of amides is 1. The molecule has 0 bridgehead atoms. The molecule has 3 N–H and O–H groups in total. The van der Waals surface area contributed by atoms with Crippen molar-refractivity contribution in [3.63, 3.8) is 0 Å². The van der Waals surface area contributed by atoms with Gasteiger partial charge in [-0.1, -0.05) is 54.9 Å². The molecule has 0 saturated carbocycles. The average molecular weight is 589 g/mol. The van der Waals surface area contributed by atoms with E-state index in [0.717, 1.165) is 28.7 Å². The summed E-state index contributed by atoms with van der Waals surface area (Å²) in [5.41, 5.74) is 10.6. The van der Waals surface area contributed by atoms with Crippen molar-refractivity contribution in [2.24, 2.45) is 10.9 Å². The fourth-order valence-electron chi connectivity index (χ4n) is 5.76. The molecule has 2 heterocycles. The summed E-state index contributed by atoms with van der Waals surface area (Å²) in [5.74, 6) is -0.263. The third-order valence-corrected chi connectivity index (χ3v) is 8.23. The number of hydrogen-bond acceptors (Lipinski definition) is 8. The number of halogens is 1. The molecular formula is C32H33ClN4O5. The summed E-state index contributed by atoms with van der Waals surface area (Å²) in [6.07, 6.45) is 1.90. The number of carbonyl (C=O) groups excluding carboxylic acids is 2. The number of benzene rings is 3. The summed E-state index contributed by atoms with van der Waals surface area (Å²) in [6.45, 7) is 3.64. The molecule has 2 aliphatic heterocycles. The number of nitroso groups, excluding NO2 is 1. The second kappa shape index (κ2) is 12.3. The first-order valence-electron chi connectivity index (χ1n) is 13.9. The molecule has 2 aliphatic rings. The predicted octanol–water partition coefficient (Wildman–Crippen LogP) is 5.35. The first-order valence-corrected chi connectivity index (χ1v) is 14.3. The van der Waals surface area contributed by atoms with Crippen LogP contribution in [-0.4, -0.2) is 49.1 Å². The predicted molar refractivity (Wildman–Crippen MR) is 162 cm³/mol. The molecule has 218 valence electrons. The molecule has 3 aromatic carbocycles. The SMILES string of the molecule is CCc1cc(-c2ccc(N=O)c(OC)c2)c(Cl)cc1C1=C(N)C2(CCCN(CC(=O)NCc3ccccc3)C2)OC1=O. The van der Waals surface area contributed by atoms with Crippen molar-refractivity contribution in [3.8, 4) is 16.9 Å². The summed E-state index contributed by atoms with van der Waals surface area (Å²) < 4.78 is 11.3. The number of hydrogen-bond donors (Lipinski definition) is 2. The van der Waals surface area contributed by atoms with Crippen LogP contribution in [0, 0.1) is 4.91 Å². The number of likely N-dealkylation sites (tertiary alicyclic amines) is 1. The number of nitrogens with zero attached hydrogens (tertiary/aromatic N) is 2. The topological polar surface area (TPSA) is 123 Å². The molecular weight excluding hydrogens is 556 g/mol. The number of aryl methyl sites for hydroxylation is 1. The number of methoxy groups -OCH3 is 1. The maximum atomic E-state index is 13.4. The van der Waals surface area contributed by atoms with Crippen LogP contribution in [0.2, 0.25) is 5.02 Å². The van der Waals surface area contributed by atoms with Crippen LogP contribution >= 0.6 is 11.6 Å². The minimum atomic E-state index is -1.01. The van der Waals surface area contributed by atoms with Crippen LogP contribution in [-0.2, 0) is 27.3 Å². The zero-order chi connectivity index (χ0) is 29.9. The van der Waals surface area contributed by atoms with Gasteiger partial charge in [0.25, 0.3) is 0 Å². The van der Waals surface area contributed by atoms with Gasteiger partial charge in [0, 0.05) is 23.7 Å². The van der Waals surface area contributed by atoms with Crippen LogP contribution in [0.3, 0.4) is 0 Å². The zero-order valence-electron chi connectivity index (χ0n) is 23.6. The fraction of sp³-hybridized carbons (Fsp3) is 0.312. The van der Waals surface area contributed by atoms with Gasteiger partial charge in [-0.2, -0.15) is 0 Å². The Kier molecular flexibility index (Phi) is 8.61. The largest absolute Gasteiger partial charge is 0.494 e. The van der Waals surface area contributed by atoms with Crippen molar-refractivity contribution in [3.05, 3.63) is 93.0 Å². The van der Waals surface area contributed by atoms with E-state index in [0.29, 0.717) is 60.1 Å². The van der Waals surface area contributed by atoms with Crippen molar-refractivity contribution >= 4 is 34.7 Å². The Morgan fingerprint density at radius 1 is 1.17 bits per heavy atom. The smallest absolute Gasteiger partial charge is 0.341 e. The Hall–Kier alpha value is -4.21. The normalized spacial score (nSPS) is 18.7. The van der Waals surface area contributed by atoms with Gasteiger partial charge in [-0.3, -0.25) is 9.69 Å². The van der Waals surface area contributed by atoms with Gasteiger partial charge in [0.05, 0.1) is 24.9 Å². The number of esters is 1. The Labute approximate surface area is 249 Å². The highest BCUT2D eigenvalue weighted by Crippen LogP contribution is 2.44. The molecule has 0 aliphatic carbocycles. The minimum Gasteiger partial charge on any atom is -0.494 e. The van der Waals surface area contributed by atoms with Gasteiger partial charge in [0.15, 0.2) is 5.60 Å². The Morgan fingerprint density at radius 2 is 1.95 bits per heavy atom. The van der Waals surface area contributed by atoms with Gasteiger partial charge in [-0.05, 0) is 77.5 Å². The number of ether oxygens (including phenoxy) is 2. The third-order valence-electron chi connectivity index (χ3n) is 7.92. The molecule has 3 aromatic rings. The maximum Gasteiger partial charge on any atom is 0.341 e. The second-order valence-corrected chi connectivity index (χ2v) is 11.0. The Morgan fingerprint density at radius 3 is 2.67 bits per heavy atom. The van der Waals surface area contributed by atoms with Crippen molar-refractivity contribution in [2.45, 2.75) is 38.3 Å². The third kappa shape index (κ3) is 5.75. The summed E-state index contributed by atoms with van der Waals surface area (Å²) in [7, 11) is 1.47. The summed E-state index contributed by atoms with van der Waals surface area (Å²) in [5, 5.41) is 6.36. The fourth-order valence-corrected chi connectivity index (χ4v) is 6.04. The number of nitrogens with two attached hydrogens (primary N) is 1. The molecule has 1 saturated heterocycles. The lowest BCUT2D eigenvalue weighted by molar-refractivity contribution is -0.149. The Balaban J connectivity index is 1.40. The first-order chi connectivity index (χ1) is 20.3. The highest BCUT2D eigenvalue weighted by Gasteiger charge is 2.49. The van der Waals surface area contributed by atoms with Crippen molar-refractivity contribution < 1.29 is 19.1 Å². The molecule has 1 fully saturated rings. The van der Waals surface area contributed by atoms with Gasteiger partial charge in [-0.25, -0.2) is 4.79 Å². The highest BCUT2D eigenvalue weighted by atomic mass is 35.5. The van der Waals surface area contributed by atoms with E-state index < -0.39 is 11.6 Å². The van der Waals surface area contributed by atoms with Crippen LogP contribution in [0.1, 0.15) is 36.5 Å². The van der Waals surface area contributed by atoms with Crippen molar-refractivity contribution in [2.75, 3.05) is 26.7 Å². The van der Waals surface area contributed by atoms with Gasteiger partial charge in [-0.15, -0.1) is 4.91 Å². The lowest BCUT2D eigenvalue weighted by Gasteiger charge is -2.39. The molecule has 9 nitrogen and oxygen atoms in total. The quantitative estimate of drug-likeness (QED) is 0.255. The van der Waals surface area contributed by atoms with Crippen LogP contribution in [0.25, 0.3) is 16.7 Å². The second-order valence-electron chi connectivity index (χ2n) is 10.6. The van der Waals surface area contributed by atoms with Gasteiger partial charge in [0.2, 0.25) is 5.91 Å². The van der Waals surface area contributed by atoms with E-state index in [1.165, 1.54) is 7.11 Å². The van der Waals surface area contributed by atoms with Crippen molar-refractivity contribution in [1.82, 2.24) is 10.2 Å². The molecule has 1 unspecified atom stereocenters.